The van der Waals surface area contributed by atoms with Crippen molar-refractivity contribution in [3.63, 3.8) is 0 Å². The molecule has 0 amide bonds. The summed E-state index contributed by atoms with van der Waals surface area (Å²) < 4.78 is 17.0. The highest BCUT2D eigenvalue weighted by Gasteiger charge is 2.32. The summed E-state index contributed by atoms with van der Waals surface area (Å²) in [7, 11) is 0. The number of oxazole rings is 1. The van der Waals surface area contributed by atoms with Crippen molar-refractivity contribution in [3.05, 3.63) is 68.5 Å². The van der Waals surface area contributed by atoms with E-state index in [2.05, 4.69) is 4.98 Å². The maximum atomic E-state index is 12.3. The number of aromatic nitrogens is 1. The first-order chi connectivity index (χ1) is 17.8. The lowest BCUT2D eigenvalue weighted by Crippen LogP contribution is -2.40. The van der Waals surface area contributed by atoms with Crippen LogP contribution in [0.3, 0.4) is 0 Å². The van der Waals surface area contributed by atoms with Gasteiger partial charge in [0.2, 0.25) is 5.89 Å². The molecule has 0 unspecified atom stereocenters. The summed E-state index contributed by atoms with van der Waals surface area (Å²) in [6.45, 7) is 11.3. The van der Waals surface area contributed by atoms with Crippen molar-refractivity contribution >= 4 is 35.1 Å². The number of carbonyl (C=O) groups is 2. The zero-order chi connectivity index (χ0) is 28.2. The van der Waals surface area contributed by atoms with Gasteiger partial charge >= 0.3 is 11.9 Å². The van der Waals surface area contributed by atoms with Crippen molar-refractivity contribution in [2.75, 3.05) is 13.2 Å². The normalized spacial score (nSPS) is 11.6. The van der Waals surface area contributed by atoms with Gasteiger partial charge in [0.25, 0.3) is 0 Å². The number of rotatable bonds is 11. The zero-order valence-corrected chi connectivity index (χ0v) is 23.9. The van der Waals surface area contributed by atoms with Crippen LogP contribution in [0.4, 0.5) is 0 Å². The minimum absolute atomic E-state index is 0.198. The third kappa shape index (κ3) is 7.49. The molecule has 0 aliphatic carbocycles. The summed E-state index contributed by atoms with van der Waals surface area (Å²) in [5, 5.41) is 10.5. The van der Waals surface area contributed by atoms with Gasteiger partial charge in [-0.05, 0) is 76.4 Å². The Morgan fingerprint density at radius 1 is 1.03 bits per heavy atom. The largest absolute Gasteiger partial charge is 0.480 e. The standard InChI is InChI=1S/C28H32Cl2N2O6/c1-7-36-27(35)28(5,6)38-25-16(2)8-19(9-17(25)3)13-32(15-24(33)34)14-23-18(4)37-26(31-23)20-10-21(29)12-22(30)11-20/h8-12H,7,13-15H2,1-6H3,(H,33,34). The summed E-state index contributed by atoms with van der Waals surface area (Å²) in [5.74, 6) is 0.114. The third-order valence-corrected chi connectivity index (χ3v) is 6.22. The molecule has 38 heavy (non-hydrogen) atoms. The minimum atomic E-state index is -1.15. The van der Waals surface area contributed by atoms with Crippen LogP contribution in [0, 0.1) is 20.8 Å². The molecule has 0 aliphatic rings. The maximum absolute atomic E-state index is 12.3. The molecule has 0 bridgehead atoms. The number of carboxylic acids is 1. The fourth-order valence-electron chi connectivity index (χ4n) is 4.10. The van der Waals surface area contributed by atoms with E-state index >= 15 is 0 Å². The van der Waals surface area contributed by atoms with Crippen molar-refractivity contribution in [2.24, 2.45) is 0 Å². The molecule has 0 spiro atoms. The first kappa shape index (κ1) is 29.5. The molecular weight excluding hydrogens is 531 g/mol. The number of hydrogen-bond donors (Lipinski definition) is 1. The van der Waals surface area contributed by atoms with Crippen molar-refractivity contribution in [3.8, 4) is 17.2 Å². The summed E-state index contributed by atoms with van der Waals surface area (Å²) in [6.07, 6.45) is 0. The van der Waals surface area contributed by atoms with Gasteiger partial charge in [-0.1, -0.05) is 35.3 Å². The number of carboxylic acid groups (broad SMARTS) is 1. The van der Waals surface area contributed by atoms with Crippen LogP contribution in [0.25, 0.3) is 11.5 Å². The van der Waals surface area contributed by atoms with E-state index < -0.39 is 17.5 Å². The van der Waals surface area contributed by atoms with E-state index in [4.69, 9.17) is 37.1 Å². The Labute approximate surface area is 232 Å². The number of nitrogens with zero attached hydrogens (tertiary/aromatic N) is 2. The van der Waals surface area contributed by atoms with Crippen LogP contribution >= 0.6 is 23.2 Å². The predicted molar refractivity (Wildman–Crippen MR) is 146 cm³/mol. The number of aryl methyl sites for hydroxylation is 3. The van der Waals surface area contributed by atoms with Crippen molar-refractivity contribution in [2.45, 2.75) is 60.2 Å². The number of carbonyl (C=O) groups excluding carboxylic acids is 1. The molecule has 3 aromatic rings. The molecule has 1 aromatic heterocycles. The van der Waals surface area contributed by atoms with Gasteiger partial charge in [-0.3, -0.25) is 9.69 Å². The van der Waals surface area contributed by atoms with E-state index in [0.29, 0.717) is 45.2 Å². The van der Waals surface area contributed by atoms with Gasteiger partial charge in [-0.15, -0.1) is 0 Å². The lowest BCUT2D eigenvalue weighted by molar-refractivity contribution is -0.158. The van der Waals surface area contributed by atoms with Crippen LogP contribution in [0.15, 0.2) is 34.7 Å². The molecule has 0 saturated heterocycles. The SMILES string of the molecule is CCOC(=O)C(C)(C)Oc1c(C)cc(CN(CC(=O)O)Cc2nc(-c3cc(Cl)cc(Cl)c3)oc2C)cc1C. The molecule has 8 nitrogen and oxygen atoms in total. The summed E-state index contributed by atoms with van der Waals surface area (Å²) in [6, 6.07) is 8.88. The molecule has 0 radical (unpaired) electrons. The van der Waals surface area contributed by atoms with E-state index in [1.807, 2.05) is 26.0 Å². The monoisotopic (exact) mass is 562 g/mol. The molecule has 0 saturated carbocycles. The summed E-state index contributed by atoms with van der Waals surface area (Å²) in [5.41, 5.74) is 2.63. The van der Waals surface area contributed by atoms with Crippen LogP contribution in [-0.2, 0) is 27.4 Å². The molecular formula is C28H32Cl2N2O6. The zero-order valence-electron chi connectivity index (χ0n) is 22.4. The summed E-state index contributed by atoms with van der Waals surface area (Å²) >= 11 is 12.2. The van der Waals surface area contributed by atoms with Crippen molar-refractivity contribution in [1.82, 2.24) is 9.88 Å². The Morgan fingerprint density at radius 3 is 2.18 bits per heavy atom. The highest BCUT2D eigenvalue weighted by Crippen LogP contribution is 2.31. The fourth-order valence-corrected chi connectivity index (χ4v) is 4.62. The van der Waals surface area contributed by atoms with Gasteiger partial charge in [0.15, 0.2) is 5.60 Å². The Hall–Kier alpha value is -3.07. The third-order valence-electron chi connectivity index (χ3n) is 5.78. The molecule has 0 atom stereocenters. The van der Waals surface area contributed by atoms with Gasteiger partial charge in [0.1, 0.15) is 11.5 Å². The van der Waals surface area contributed by atoms with Gasteiger partial charge in [-0.25, -0.2) is 9.78 Å². The highest BCUT2D eigenvalue weighted by molar-refractivity contribution is 6.35. The molecule has 2 aromatic carbocycles. The Morgan fingerprint density at radius 2 is 1.63 bits per heavy atom. The Bertz CT molecular complexity index is 1290. The van der Waals surface area contributed by atoms with Gasteiger partial charge in [0, 0.05) is 28.7 Å². The molecule has 1 heterocycles. The quantitative estimate of drug-likeness (QED) is 0.268. The lowest BCUT2D eigenvalue weighted by atomic mass is 10.0. The van der Waals surface area contributed by atoms with E-state index in [1.54, 1.807) is 50.8 Å². The van der Waals surface area contributed by atoms with Gasteiger partial charge in [0.05, 0.1) is 18.8 Å². The van der Waals surface area contributed by atoms with Crippen LogP contribution in [0.1, 0.15) is 48.9 Å². The average molecular weight is 563 g/mol. The number of hydrogen-bond acceptors (Lipinski definition) is 7. The highest BCUT2D eigenvalue weighted by atomic mass is 35.5. The Balaban J connectivity index is 1.83. The summed E-state index contributed by atoms with van der Waals surface area (Å²) in [4.78, 5) is 30.3. The van der Waals surface area contributed by atoms with Crippen LogP contribution in [-0.4, -0.2) is 45.7 Å². The number of aliphatic carboxylic acids is 1. The Kier molecular flexibility index (Phi) is 9.46. The number of halogens is 2. The number of ether oxygens (including phenoxy) is 2. The van der Waals surface area contributed by atoms with Crippen molar-refractivity contribution < 1.29 is 28.6 Å². The fraction of sp³-hybridized carbons (Fsp3) is 0.393. The van der Waals surface area contributed by atoms with E-state index in [-0.39, 0.29) is 19.7 Å². The van der Waals surface area contributed by atoms with E-state index in [9.17, 15) is 14.7 Å². The molecule has 204 valence electrons. The average Bonchev–Trinajstić information content (AvgIpc) is 3.15. The molecule has 0 aliphatic heterocycles. The molecule has 3 rings (SSSR count). The topological polar surface area (TPSA) is 102 Å². The van der Waals surface area contributed by atoms with Crippen LogP contribution in [0.2, 0.25) is 10.0 Å². The van der Waals surface area contributed by atoms with E-state index in [1.165, 1.54) is 0 Å². The second-order valence-corrected chi connectivity index (χ2v) is 10.5. The van der Waals surface area contributed by atoms with Gasteiger partial charge < -0.3 is 19.0 Å². The minimum Gasteiger partial charge on any atom is -0.480 e. The second-order valence-electron chi connectivity index (χ2n) is 9.61. The molecule has 0 fully saturated rings. The predicted octanol–water partition coefficient (Wildman–Crippen LogP) is 6.38. The van der Waals surface area contributed by atoms with Crippen LogP contribution in [0.5, 0.6) is 5.75 Å². The van der Waals surface area contributed by atoms with Gasteiger partial charge in [-0.2, -0.15) is 0 Å². The molecule has 1 N–H and O–H groups in total. The first-order valence-electron chi connectivity index (χ1n) is 12.1. The number of benzene rings is 2. The first-order valence-corrected chi connectivity index (χ1v) is 12.9. The van der Waals surface area contributed by atoms with E-state index in [0.717, 1.165) is 16.7 Å². The maximum Gasteiger partial charge on any atom is 0.349 e. The molecule has 10 heteroatoms. The van der Waals surface area contributed by atoms with Crippen molar-refractivity contribution in [1.29, 1.82) is 0 Å². The smallest absolute Gasteiger partial charge is 0.349 e. The second kappa shape index (κ2) is 12.2. The van der Waals surface area contributed by atoms with Crippen LogP contribution < -0.4 is 4.74 Å². The number of esters is 1. The lowest BCUT2D eigenvalue weighted by Gasteiger charge is -2.27.